The summed E-state index contributed by atoms with van der Waals surface area (Å²) in [5.74, 6) is 1.03. The maximum absolute atomic E-state index is 12.5. The highest BCUT2D eigenvalue weighted by atomic mass is 16.6. The summed E-state index contributed by atoms with van der Waals surface area (Å²) in [6.45, 7) is 14.4. The molecule has 0 saturated carbocycles. The summed E-state index contributed by atoms with van der Waals surface area (Å²) in [6.07, 6.45) is 3.52. The van der Waals surface area contributed by atoms with Crippen LogP contribution < -0.4 is 0 Å². The molecule has 2 unspecified atom stereocenters. The molecule has 0 radical (unpaired) electrons. The fourth-order valence-corrected chi connectivity index (χ4v) is 4.87. The Bertz CT molecular complexity index is 938. The van der Waals surface area contributed by atoms with Gasteiger partial charge in [-0.1, -0.05) is 32.9 Å². The van der Waals surface area contributed by atoms with Crippen molar-refractivity contribution in [1.82, 2.24) is 24.8 Å². The lowest BCUT2D eigenvalue weighted by Gasteiger charge is -2.18. The first kappa shape index (κ1) is 32.1. The van der Waals surface area contributed by atoms with E-state index in [0.29, 0.717) is 83.4 Å². The molecule has 3 heterocycles. The highest BCUT2D eigenvalue weighted by Crippen LogP contribution is 2.27. The zero-order valence-corrected chi connectivity index (χ0v) is 24.6. The van der Waals surface area contributed by atoms with Gasteiger partial charge in [0.2, 0.25) is 17.7 Å². The zero-order chi connectivity index (χ0) is 28.9. The first-order chi connectivity index (χ1) is 19.3. The van der Waals surface area contributed by atoms with Crippen LogP contribution in [-0.2, 0) is 46.4 Å². The molecule has 0 aromatic carbocycles. The fraction of sp³-hybridized carbons (Fsp3) is 0.821. The number of hydrogen-bond acceptors (Lipinski definition) is 9. The molecule has 1 aromatic heterocycles. The van der Waals surface area contributed by atoms with Crippen molar-refractivity contribution in [2.24, 2.45) is 23.7 Å². The number of hydrogen-bond donors (Lipinski definition) is 0. The lowest BCUT2D eigenvalue weighted by atomic mass is 9.94. The molecule has 0 N–H and O–H groups in total. The van der Waals surface area contributed by atoms with E-state index in [1.807, 2.05) is 18.7 Å². The third-order valence-corrected chi connectivity index (χ3v) is 7.55. The maximum Gasteiger partial charge on any atom is 0.233 e. The number of rotatable bonds is 19. The molecular formula is C28H47N5O7. The van der Waals surface area contributed by atoms with Gasteiger partial charge < -0.3 is 23.8 Å². The molecule has 2 saturated heterocycles. The Morgan fingerprint density at radius 3 is 2.12 bits per heavy atom. The third kappa shape index (κ3) is 10.2. The molecule has 2 atom stereocenters. The van der Waals surface area contributed by atoms with E-state index >= 15 is 0 Å². The van der Waals surface area contributed by atoms with Crippen molar-refractivity contribution in [3.8, 4) is 0 Å². The van der Waals surface area contributed by atoms with Gasteiger partial charge in [-0.05, 0) is 24.2 Å². The minimum Gasteiger partial charge on any atom is -0.379 e. The second kappa shape index (κ2) is 16.8. The van der Waals surface area contributed by atoms with E-state index in [4.69, 9.17) is 18.9 Å². The highest BCUT2D eigenvalue weighted by molar-refractivity contribution is 6.03. The molecule has 2 aliphatic rings. The lowest BCUT2D eigenvalue weighted by molar-refractivity contribution is -0.140. The van der Waals surface area contributed by atoms with Gasteiger partial charge in [0, 0.05) is 25.4 Å². The summed E-state index contributed by atoms with van der Waals surface area (Å²) in [5, 5.41) is 8.13. The minimum absolute atomic E-state index is 0.127. The molecule has 3 rings (SSSR count). The summed E-state index contributed by atoms with van der Waals surface area (Å²) < 4.78 is 23.7. The quantitative estimate of drug-likeness (QED) is 0.182. The van der Waals surface area contributed by atoms with E-state index in [0.717, 1.165) is 19.5 Å². The second-order valence-corrected chi connectivity index (χ2v) is 11.2. The lowest BCUT2D eigenvalue weighted by Crippen LogP contribution is -2.31. The first-order valence-corrected chi connectivity index (χ1v) is 14.6. The number of nitrogens with zero attached hydrogens (tertiary/aromatic N) is 5. The van der Waals surface area contributed by atoms with Crippen molar-refractivity contribution in [2.75, 3.05) is 65.9 Å². The number of aromatic nitrogens is 3. The molecule has 1 aromatic rings. The fourth-order valence-electron chi connectivity index (χ4n) is 4.87. The van der Waals surface area contributed by atoms with Crippen LogP contribution in [0.2, 0.25) is 0 Å². The number of imide groups is 1. The monoisotopic (exact) mass is 565 g/mol. The van der Waals surface area contributed by atoms with Gasteiger partial charge in [-0.15, -0.1) is 5.10 Å². The van der Waals surface area contributed by atoms with Gasteiger partial charge in [0.05, 0.1) is 78.6 Å². The zero-order valence-electron chi connectivity index (χ0n) is 24.6. The number of carbonyl (C=O) groups excluding carboxylic acids is 3. The second-order valence-electron chi connectivity index (χ2n) is 11.2. The van der Waals surface area contributed by atoms with Crippen LogP contribution in [0.1, 0.15) is 52.7 Å². The Kier molecular flexibility index (Phi) is 13.5. The summed E-state index contributed by atoms with van der Waals surface area (Å²) in [7, 11) is 0. The number of ether oxygens (including phenoxy) is 4. The maximum atomic E-state index is 12.5. The van der Waals surface area contributed by atoms with Crippen LogP contribution >= 0.6 is 0 Å². The Labute approximate surface area is 237 Å². The van der Waals surface area contributed by atoms with Crippen LogP contribution in [-0.4, -0.2) is 108 Å². The molecule has 2 fully saturated rings. The van der Waals surface area contributed by atoms with E-state index < -0.39 is 0 Å². The normalized spacial score (nSPS) is 19.6. The Hall–Kier alpha value is -2.41. The molecule has 12 heteroatoms. The summed E-state index contributed by atoms with van der Waals surface area (Å²) >= 11 is 0. The van der Waals surface area contributed by atoms with Crippen LogP contribution in [0.3, 0.4) is 0 Å². The van der Waals surface area contributed by atoms with Crippen molar-refractivity contribution < 1.29 is 33.3 Å². The van der Waals surface area contributed by atoms with E-state index in [1.165, 1.54) is 4.90 Å². The largest absolute Gasteiger partial charge is 0.379 e. The molecule has 2 aliphatic heterocycles. The third-order valence-electron chi connectivity index (χ3n) is 7.55. The number of amides is 3. The molecule has 3 amide bonds. The van der Waals surface area contributed by atoms with Crippen LogP contribution in [0, 0.1) is 23.7 Å². The summed E-state index contributed by atoms with van der Waals surface area (Å²) in [6, 6.07) is 0. The van der Waals surface area contributed by atoms with Crippen molar-refractivity contribution in [1.29, 1.82) is 0 Å². The molecular weight excluding hydrogens is 518 g/mol. The van der Waals surface area contributed by atoms with Gasteiger partial charge >= 0.3 is 0 Å². The average molecular weight is 566 g/mol. The van der Waals surface area contributed by atoms with Gasteiger partial charge in [-0.3, -0.25) is 19.3 Å². The Morgan fingerprint density at radius 1 is 0.925 bits per heavy atom. The summed E-state index contributed by atoms with van der Waals surface area (Å²) in [5.41, 5.74) is 0.579. The number of carbonyl (C=O) groups is 3. The standard InChI is InChI=1S/C28H47N5O7/c1-21(2)23-5-7-31(18-23)26(34)6-9-37-11-13-39-15-16-40-14-12-38-10-8-32-19-24(29-30-32)20-33-27(35)17-25(22(3)4)28(33)36/h19,21-23,25H,5-18,20H2,1-4H3. The van der Waals surface area contributed by atoms with E-state index in [1.54, 1.807) is 10.9 Å². The molecule has 40 heavy (non-hydrogen) atoms. The Balaban J connectivity index is 1.11. The van der Waals surface area contributed by atoms with Gasteiger partial charge in [0.25, 0.3) is 0 Å². The van der Waals surface area contributed by atoms with Crippen molar-refractivity contribution in [3.63, 3.8) is 0 Å². The molecule has 0 aliphatic carbocycles. The topological polar surface area (TPSA) is 125 Å². The predicted molar refractivity (Wildman–Crippen MR) is 146 cm³/mol. The molecule has 226 valence electrons. The van der Waals surface area contributed by atoms with E-state index in [9.17, 15) is 14.4 Å². The first-order valence-electron chi connectivity index (χ1n) is 14.6. The highest BCUT2D eigenvalue weighted by Gasteiger charge is 2.40. The Morgan fingerprint density at radius 2 is 1.55 bits per heavy atom. The molecule has 0 bridgehead atoms. The predicted octanol–water partition coefficient (Wildman–Crippen LogP) is 1.77. The van der Waals surface area contributed by atoms with Crippen molar-refractivity contribution in [2.45, 2.75) is 60.0 Å². The van der Waals surface area contributed by atoms with Gasteiger partial charge in [-0.2, -0.15) is 0 Å². The summed E-state index contributed by atoms with van der Waals surface area (Å²) in [4.78, 5) is 40.1. The van der Waals surface area contributed by atoms with Crippen LogP contribution in [0.15, 0.2) is 6.20 Å². The van der Waals surface area contributed by atoms with Crippen molar-refractivity contribution in [3.05, 3.63) is 11.9 Å². The average Bonchev–Trinajstić information content (AvgIpc) is 3.65. The molecule has 12 nitrogen and oxygen atoms in total. The van der Waals surface area contributed by atoms with E-state index in [-0.39, 0.29) is 42.5 Å². The van der Waals surface area contributed by atoms with Gasteiger partial charge in [0.15, 0.2) is 0 Å². The minimum atomic E-state index is -0.246. The van der Waals surface area contributed by atoms with Crippen LogP contribution in [0.4, 0.5) is 0 Å². The molecule has 0 spiro atoms. The van der Waals surface area contributed by atoms with Crippen molar-refractivity contribution >= 4 is 17.7 Å². The van der Waals surface area contributed by atoms with Gasteiger partial charge in [0.1, 0.15) is 5.69 Å². The SMILES string of the molecule is CC(C)C1CCN(C(=O)CCOCCOCCOCCOCCn2cc(CN3C(=O)CC(C(C)C)C3=O)nn2)C1. The van der Waals surface area contributed by atoms with Gasteiger partial charge in [-0.25, -0.2) is 4.68 Å². The number of likely N-dealkylation sites (tertiary alicyclic amines) is 2. The smallest absolute Gasteiger partial charge is 0.233 e. The van der Waals surface area contributed by atoms with Crippen LogP contribution in [0.5, 0.6) is 0 Å². The van der Waals surface area contributed by atoms with E-state index in [2.05, 4.69) is 24.2 Å². The van der Waals surface area contributed by atoms with Crippen LogP contribution in [0.25, 0.3) is 0 Å².